The van der Waals surface area contributed by atoms with Gasteiger partial charge in [-0.2, -0.15) is 4.39 Å². The van der Waals surface area contributed by atoms with Crippen molar-refractivity contribution in [1.82, 2.24) is 4.98 Å². The van der Waals surface area contributed by atoms with Crippen LogP contribution >= 0.6 is 0 Å². The van der Waals surface area contributed by atoms with Crippen molar-refractivity contribution in [1.29, 1.82) is 0 Å². The Hall–Kier alpha value is -1.84. The molecule has 76 valence electrons. The number of hydrogen-bond donors (Lipinski definition) is 0. The molecule has 0 aliphatic heterocycles. The maximum absolute atomic E-state index is 13.3. The second-order valence-electron chi connectivity index (χ2n) is 2.97. The molecule has 1 heterocycles. The molecule has 0 spiro atoms. The molecule has 0 unspecified atom stereocenters. The van der Waals surface area contributed by atoms with E-state index in [1.165, 1.54) is 24.4 Å². The Labute approximate surface area is 84.2 Å². The van der Waals surface area contributed by atoms with E-state index in [0.29, 0.717) is 0 Å². The molecule has 0 amide bonds. The Morgan fingerprint density at radius 3 is 2.53 bits per heavy atom. The van der Waals surface area contributed by atoms with Gasteiger partial charge in [0, 0.05) is 17.8 Å². The van der Waals surface area contributed by atoms with Crippen LogP contribution in [0.1, 0.15) is 0 Å². The van der Waals surface area contributed by atoms with Crippen LogP contribution in [-0.4, -0.2) is 4.98 Å². The molecule has 0 saturated heterocycles. The monoisotopic (exact) mass is 209 g/mol. The van der Waals surface area contributed by atoms with Crippen LogP contribution in [0.4, 0.5) is 13.2 Å². The molecule has 0 aliphatic carbocycles. The lowest BCUT2D eigenvalue weighted by Crippen LogP contribution is -1.90. The average molecular weight is 209 g/mol. The summed E-state index contributed by atoms with van der Waals surface area (Å²) in [4.78, 5) is 3.33. The third-order valence-corrected chi connectivity index (χ3v) is 1.99. The van der Waals surface area contributed by atoms with Gasteiger partial charge in [-0.3, -0.25) is 0 Å². The quantitative estimate of drug-likeness (QED) is 0.657. The van der Waals surface area contributed by atoms with Crippen molar-refractivity contribution in [2.24, 2.45) is 0 Å². The van der Waals surface area contributed by atoms with Crippen molar-refractivity contribution in [3.8, 4) is 11.1 Å². The number of pyridine rings is 1. The zero-order chi connectivity index (χ0) is 10.8. The zero-order valence-corrected chi connectivity index (χ0v) is 7.55. The van der Waals surface area contributed by atoms with Crippen molar-refractivity contribution in [2.45, 2.75) is 0 Å². The van der Waals surface area contributed by atoms with E-state index in [-0.39, 0.29) is 11.1 Å². The maximum Gasteiger partial charge on any atom is 0.213 e. The first-order valence-corrected chi connectivity index (χ1v) is 4.24. The SMILES string of the molecule is Fc1cc(-c2cccc(F)c2F)ccn1. The molecule has 1 aromatic heterocycles. The van der Waals surface area contributed by atoms with Gasteiger partial charge in [0.15, 0.2) is 11.6 Å². The normalized spacial score (nSPS) is 10.3. The van der Waals surface area contributed by atoms with Gasteiger partial charge in [0.05, 0.1) is 0 Å². The molecule has 2 rings (SSSR count). The van der Waals surface area contributed by atoms with Gasteiger partial charge in [-0.25, -0.2) is 13.8 Å². The number of rotatable bonds is 1. The van der Waals surface area contributed by atoms with E-state index < -0.39 is 17.6 Å². The first-order valence-electron chi connectivity index (χ1n) is 4.24. The smallest absolute Gasteiger partial charge is 0.213 e. The highest BCUT2D eigenvalue weighted by Gasteiger charge is 2.09. The Morgan fingerprint density at radius 1 is 1.00 bits per heavy atom. The summed E-state index contributed by atoms with van der Waals surface area (Å²) < 4.78 is 38.9. The van der Waals surface area contributed by atoms with Crippen molar-refractivity contribution in [3.63, 3.8) is 0 Å². The first-order chi connectivity index (χ1) is 7.18. The molecule has 0 N–H and O–H groups in total. The molecule has 1 nitrogen and oxygen atoms in total. The maximum atomic E-state index is 13.3. The van der Waals surface area contributed by atoms with Crippen molar-refractivity contribution in [3.05, 3.63) is 54.1 Å². The Morgan fingerprint density at radius 2 is 1.80 bits per heavy atom. The second-order valence-corrected chi connectivity index (χ2v) is 2.97. The minimum atomic E-state index is -0.983. The van der Waals surface area contributed by atoms with Gasteiger partial charge in [-0.15, -0.1) is 0 Å². The molecule has 4 heteroatoms. The standard InChI is InChI=1S/C11H6F3N/c12-9-3-1-2-8(11(9)14)7-4-5-15-10(13)6-7/h1-6H. The molecular weight excluding hydrogens is 203 g/mol. The minimum absolute atomic E-state index is 0.0244. The summed E-state index contributed by atoms with van der Waals surface area (Å²) in [5.41, 5.74) is 0.288. The van der Waals surface area contributed by atoms with Crippen LogP contribution in [-0.2, 0) is 0 Å². The summed E-state index contributed by atoms with van der Waals surface area (Å²) in [5.74, 6) is -2.66. The van der Waals surface area contributed by atoms with Gasteiger partial charge in [-0.05, 0) is 17.7 Å². The fourth-order valence-corrected chi connectivity index (χ4v) is 1.30. The van der Waals surface area contributed by atoms with Crippen LogP contribution in [0.25, 0.3) is 11.1 Å². The summed E-state index contributed by atoms with van der Waals surface area (Å²) in [6, 6.07) is 6.23. The fraction of sp³-hybridized carbons (Fsp3) is 0. The van der Waals surface area contributed by atoms with E-state index in [9.17, 15) is 13.2 Å². The van der Waals surface area contributed by atoms with Crippen molar-refractivity contribution in [2.75, 3.05) is 0 Å². The summed E-state index contributed by atoms with van der Waals surface area (Å²) >= 11 is 0. The third-order valence-electron chi connectivity index (χ3n) is 1.99. The molecule has 15 heavy (non-hydrogen) atoms. The fourth-order valence-electron chi connectivity index (χ4n) is 1.30. The summed E-state index contributed by atoms with van der Waals surface area (Å²) in [7, 11) is 0. The summed E-state index contributed by atoms with van der Waals surface area (Å²) in [6.07, 6.45) is 1.20. The molecule has 0 radical (unpaired) electrons. The lowest BCUT2D eigenvalue weighted by atomic mass is 10.1. The predicted octanol–water partition coefficient (Wildman–Crippen LogP) is 3.17. The van der Waals surface area contributed by atoms with Crippen LogP contribution in [0, 0.1) is 17.6 Å². The van der Waals surface area contributed by atoms with Gasteiger partial charge >= 0.3 is 0 Å². The molecule has 2 aromatic rings. The number of aromatic nitrogens is 1. The minimum Gasteiger partial charge on any atom is -0.228 e. The average Bonchev–Trinajstić information content (AvgIpc) is 2.22. The van der Waals surface area contributed by atoms with Crippen molar-refractivity contribution < 1.29 is 13.2 Å². The molecule has 1 aromatic carbocycles. The highest BCUT2D eigenvalue weighted by atomic mass is 19.2. The van der Waals surface area contributed by atoms with E-state index in [1.54, 1.807) is 0 Å². The highest BCUT2D eigenvalue weighted by Crippen LogP contribution is 2.23. The van der Waals surface area contributed by atoms with Gasteiger partial charge in [-0.1, -0.05) is 12.1 Å². The van der Waals surface area contributed by atoms with Gasteiger partial charge in [0.2, 0.25) is 5.95 Å². The summed E-state index contributed by atoms with van der Waals surface area (Å²) in [5, 5.41) is 0. The van der Waals surface area contributed by atoms with Crippen LogP contribution in [0.2, 0.25) is 0 Å². The van der Waals surface area contributed by atoms with E-state index in [4.69, 9.17) is 0 Å². The lowest BCUT2D eigenvalue weighted by Gasteiger charge is -2.03. The zero-order valence-electron chi connectivity index (χ0n) is 7.55. The Kier molecular flexibility index (Phi) is 2.41. The second kappa shape index (κ2) is 3.73. The topological polar surface area (TPSA) is 12.9 Å². The van der Waals surface area contributed by atoms with Gasteiger partial charge in [0.1, 0.15) is 0 Å². The number of benzene rings is 1. The molecule has 0 bridgehead atoms. The molecule has 0 atom stereocenters. The third kappa shape index (κ3) is 1.83. The Balaban J connectivity index is 2.59. The predicted molar refractivity (Wildman–Crippen MR) is 49.5 cm³/mol. The first kappa shape index (κ1) is 9.71. The molecule has 0 aliphatic rings. The lowest BCUT2D eigenvalue weighted by molar-refractivity contribution is 0.511. The molecular formula is C11H6F3N. The molecule has 0 fully saturated rings. The number of nitrogens with zero attached hydrogens (tertiary/aromatic N) is 1. The largest absolute Gasteiger partial charge is 0.228 e. The van der Waals surface area contributed by atoms with E-state index in [2.05, 4.69) is 4.98 Å². The number of hydrogen-bond acceptors (Lipinski definition) is 1. The number of halogens is 3. The highest BCUT2D eigenvalue weighted by molar-refractivity contribution is 5.63. The van der Waals surface area contributed by atoms with Crippen LogP contribution in [0.15, 0.2) is 36.5 Å². The summed E-state index contributed by atoms with van der Waals surface area (Å²) in [6.45, 7) is 0. The van der Waals surface area contributed by atoms with E-state index in [1.807, 2.05) is 0 Å². The van der Waals surface area contributed by atoms with Gasteiger partial charge in [0.25, 0.3) is 0 Å². The molecule has 0 saturated carbocycles. The van der Waals surface area contributed by atoms with Crippen LogP contribution < -0.4 is 0 Å². The van der Waals surface area contributed by atoms with Crippen LogP contribution in [0.5, 0.6) is 0 Å². The van der Waals surface area contributed by atoms with E-state index in [0.717, 1.165) is 12.1 Å². The van der Waals surface area contributed by atoms with Gasteiger partial charge < -0.3 is 0 Å². The Bertz CT molecular complexity index is 497. The van der Waals surface area contributed by atoms with E-state index >= 15 is 0 Å². The van der Waals surface area contributed by atoms with Crippen molar-refractivity contribution >= 4 is 0 Å². The van der Waals surface area contributed by atoms with Crippen LogP contribution in [0.3, 0.4) is 0 Å².